The summed E-state index contributed by atoms with van der Waals surface area (Å²) in [7, 11) is 1.61. The molecule has 1 fully saturated rings. The summed E-state index contributed by atoms with van der Waals surface area (Å²) in [4.78, 5) is 12.0. The van der Waals surface area contributed by atoms with Crippen molar-refractivity contribution in [2.24, 2.45) is 0 Å². The van der Waals surface area contributed by atoms with Crippen molar-refractivity contribution in [3.05, 3.63) is 59.7 Å². The minimum atomic E-state index is -0.274. The van der Waals surface area contributed by atoms with Crippen molar-refractivity contribution in [1.82, 2.24) is 5.32 Å². The van der Waals surface area contributed by atoms with E-state index in [0.717, 1.165) is 30.1 Å². The van der Waals surface area contributed by atoms with Gasteiger partial charge in [-0.15, -0.1) is 0 Å². The number of benzene rings is 2. The zero-order chi connectivity index (χ0) is 16.1. The van der Waals surface area contributed by atoms with Gasteiger partial charge in [0.15, 0.2) is 0 Å². The molecule has 0 atom stereocenters. The topological polar surface area (TPSA) is 62.4 Å². The highest BCUT2D eigenvalue weighted by molar-refractivity contribution is 5.99. The van der Waals surface area contributed by atoms with Gasteiger partial charge in [-0.2, -0.15) is 0 Å². The van der Waals surface area contributed by atoms with E-state index < -0.39 is 0 Å². The van der Waals surface area contributed by atoms with Crippen LogP contribution in [0.3, 0.4) is 0 Å². The number of hydrogen-bond donors (Lipinski definition) is 3. The number of methoxy groups -OCH3 is 1. The summed E-state index contributed by atoms with van der Waals surface area (Å²) in [6, 6.07) is 14.7. The maximum atomic E-state index is 12.0. The zero-order valence-corrected chi connectivity index (χ0v) is 12.9. The third-order valence-electron chi connectivity index (χ3n) is 3.59. The SMILES string of the molecule is COc1ccc(NC(=O)Nc2ccc(C=C3CNC3)cc2)cc1. The second-order valence-electron chi connectivity index (χ2n) is 5.34. The summed E-state index contributed by atoms with van der Waals surface area (Å²) < 4.78 is 5.08. The largest absolute Gasteiger partial charge is 0.497 e. The summed E-state index contributed by atoms with van der Waals surface area (Å²) >= 11 is 0. The van der Waals surface area contributed by atoms with Crippen LogP contribution >= 0.6 is 0 Å². The molecule has 0 radical (unpaired) electrons. The average molecular weight is 309 g/mol. The molecule has 3 N–H and O–H groups in total. The molecule has 0 bridgehead atoms. The summed E-state index contributed by atoms with van der Waals surface area (Å²) in [6.07, 6.45) is 2.16. The van der Waals surface area contributed by atoms with E-state index in [1.165, 1.54) is 5.57 Å². The van der Waals surface area contributed by atoms with Crippen LogP contribution in [0, 0.1) is 0 Å². The Morgan fingerprint density at radius 2 is 1.57 bits per heavy atom. The molecule has 0 unspecified atom stereocenters. The second-order valence-corrected chi connectivity index (χ2v) is 5.34. The highest BCUT2D eigenvalue weighted by Gasteiger charge is 2.07. The second kappa shape index (κ2) is 6.98. The van der Waals surface area contributed by atoms with Crippen LogP contribution in [0.5, 0.6) is 5.75 Å². The number of urea groups is 1. The van der Waals surface area contributed by atoms with Crippen molar-refractivity contribution < 1.29 is 9.53 Å². The number of carbonyl (C=O) groups is 1. The molecule has 1 heterocycles. The van der Waals surface area contributed by atoms with Gasteiger partial charge in [-0.3, -0.25) is 0 Å². The highest BCUT2D eigenvalue weighted by atomic mass is 16.5. The predicted octanol–water partition coefficient (Wildman–Crippen LogP) is 3.33. The fraction of sp³-hybridized carbons (Fsp3) is 0.167. The van der Waals surface area contributed by atoms with Crippen LogP contribution in [-0.2, 0) is 0 Å². The molecule has 1 aliphatic heterocycles. The number of anilines is 2. The first-order chi connectivity index (χ1) is 11.2. The summed E-state index contributed by atoms with van der Waals surface area (Å²) in [5.74, 6) is 0.752. The van der Waals surface area contributed by atoms with E-state index in [2.05, 4.69) is 22.0 Å². The standard InChI is InChI=1S/C18H19N3O2/c1-23-17-8-6-16(7-9-17)21-18(22)20-15-4-2-13(3-5-15)10-14-11-19-12-14/h2-10,19H,11-12H2,1H3,(H2,20,21,22). The van der Waals surface area contributed by atoms with E-state index in [0.29, 0.717) is 5.69 Å². The molecule has 0 aromatic heterocycles. The van der Waals surface area contributed by atoms with Crippen molar-refractivity contribution in [1.29, 1.82) is 0 Å². The van der Waals surface area contributed by atoms with Crippen LogP contribution in [0.25, 0.3) is 6.08 Å². The Kier molecular flexibility index (Phi) is 4.59. The number of hydrogen-bond acceptors (Lipinski definition) is 3. The van der Waals surface area contributed by atoms with Gasteiger partial charge in [0.05, 0.1) is 7.11 Å². The lowest BCUT2D eigenvalue weighted by molar-refractivity contribution is 0.262. The normalized spacial score (nSPS) is 13.0. The molecular formula is C18H19N3O2. The molecule has 0 spiro atoms. The van der Waals surface area contributed by atoms with Crippen LogP contribution < -0.4 is 20.7 Å². The third-order valence-corrected chi connectivity index (χ3v) is 3.59. The Morgan fingerprint density at radius 1 is 1.00 bits per heavy atom. The maximum Gasteiger partial charge on any atom is 0.323 e. The Morgan fingerprint density at radius 3 is 2.04 bits per heavy atom. The molecule has 2 aromatic rings. The van der Waals surface area contributed by atoms with Crippen LogP contribution in [0.2, 0.25) is 0 Å². The molecule has 23 heavy (non-hydrogen) atoms. The molecule has 3 rings (SSSR count). The van der Waals surface area contributed by atoms with E-state index in [9.17, 15) is 4.79 Å². The van der Waals surface area contributed by atoms with Crippen LogP contribution in [0.4, 0.5) is 16.2 Å². The number of amides is 2. The van der Waals surface area contributed by atoms with Gasteiger partial charge < -0.3 is 20.7 Å². The monoisotopic (exact) mass is 309 g/mol. The minimum Gasteiger partial charge on any atom is -0.497 e. The van der Waals surface area contributed by atoms with Gasteiger partial charge >= 0.3 is 6.03 Å². The van der Waals surface area contributed by atoms with Gasteiger partial charge in [-0.25, -0.2) is 4.79 Å². The van der Waals surface area contributed by atoms with Crippen molar-refractivity contribution >= 4 is 23.5 Å². The first-order valence-corrected chi connectivity index (χ1v) is 7.45. The molecule has 1 saturated heterocycles. The van der Waals surface area contributed by atoms with Gasteiger partial charge in [0.1, 0.15) is 5.75 Å². The third kappa shape index (κ3) is 4.11. The average Bonchev–Trinajstić information content (AvgIpc) is 2.53. The van der Waals surface area contributed by atoms with Gasteiger partial charge in [0.25, 0.3) is 0 Å². The summed E-state index contributed by atoms with van der Waals surface area (Å²) in [5.41, 5.74) is 4.00. The predicted molar refractivity (Wildman–Crippen MR) is 92.9 cm³/mol. The van der Waals surface area contributed by atoms with E-state index in [1.54, 1.807) is 31.4 Å². The Bertz CT molecular complexity index is 700. The van der Waals surface area contributed by atoms with Gasteiger partial charge in [0, 0.05) is 24.5 Å². The molecular weight excluding hydrogens is 290 g/mol. The lowest BCUT2D eigenvalue weighted by atomic mass is 10.1. The van der Waals surface area contributed by atoms with Crippen molar-refractivity contribution in [2.75, 3.05) is 30.8 Å². The van der Waals surface area contributed by atoms with E-state index in [4.69, 9.17) is 4.74 Å². The van der Waals surface area contributed by atoms with Gasteiger partial charge in [-0.1, -0.05) is 18.2 Å². The zero-order valence-electron chi connectivity index (χ0n) is 12.9. The summed E-state index contributed by atoms with van der Waals surface area (Å²) in [5, 5.41) is 8.80. The van der Waals surface area contributed by atoms with E-state index in [-0.39, 0.29) is 6.03 Å². The molecule has 5 heteroatoms. The fourth-order valence-electron chi connectivity index (χ4n) is 2.24. The maximum absolute atomic E-state index is 12.0. The quantitative estimate of drug-likeness (QED) is 0.812. The van der Waals surface area contributed by atoms with Crippen molar-refractivity contribution in [3.63, 3.8) is 0 Å². The minimum absolute atomic E-state index is 0.274. The molecule has 0 aliphatic carbocycles. The van der Waals surface area contributed by atoms with E-state index in [1.807, 2.05) is 24.3 Å². The van der Waals surface area contributed by atoms with Crippen molar-refractivity contribution in [2.45, 2.75) is 0 Å². The van der Waals surface area contributed by atoms with Crippen LogP contribution in [0.15, 0.2) is 54.1 Å². The molecule has 118 valence electrons. The Balaban J connectivity index is 1.56. The number of nitrogens with one attached hydrogen (secondary N) is 3. The van der Waals surface area contributed by atoms with Gasteiger partial charge in [0.2, 0.25) is 0 Å². The van der Waals surface area contributed by atoms with Crippen LogP contribution in [0.1, 0.15) is 5.56 Å². The first-order valence-electron chi connectivity index (χ1n) is 7.45. The molecule has 0 saturated carbocycles. The number of carbonyl (C=O) groups excluding carboxylic acids is 1. The highest BCUT2D eigenvalue weighted by Crippen LogP contribution is 2.17. The van der Waals surface area contributed by atoms with Gasteiger partial charge in [-0.05, 0) is 47.5 Å². The first kappa shape index (κ1) is 15.1. The molecule has 2 aromatic carbocycles. The lowest BCUT2D eigenvalue weighted by Gasteiger charge is -2.18. The van der Waals surface area contributed by atoms with E-state index >= 15 is 0 Å². The molecule has 1 aliphatic rings. The van der Waals surface area contributed by atoms with Crippen LogP contribution in [-0.4, -0.2) is 26.2 Å². The fourth-order valence-corrected chi connectivity index (χ4v) is 2.24. The van der Waals surface area contributed by atoms with Crippen molar-refractivity contribution in [3.8, 4) is 5.75 Å². The Labute approximate surface area is 135 Å². The smallest absolute Gasteiger partial charge is 0.323 e. The Hall–Kier alpha value is -2.79. The molecule has 2 amide bonds. The molecule has 5 nitrogen and oxygen atoms in total. The number of ether oxygens (including phenoxy) is 1. The lowest BCUT2D eigenvalue weighted by Crippen LogP contribution is -2.33. The summed E-state index contributed by atoms with van der Waals surface area (Å²) in [6.45, 7) is 1.93. The number of rotatable bonds is 4.